The molecule has 0 aliphatic carbocycles. The van der Waals surface area contributed by atoms with Crippen LogP contribution in [0.2, 0.25) is 0 Å². The largest absolute Gasteiger partial charge is 0.281 e. The molecule has 0 aromatic carbocycles. The van der Waals surface area contributed by atoms with Crippen LogP contribution in [0.3, 0.4) is 0 Å². The van der Waals surface area contributed by atoms with Crippen molar-refractivity contribution in [3.8, 4) is 0 Å². The average Bonchev–Trinajstić information content (AvgIpc) is 2.31. The highest BCUT2D eigenvalue weighted by Crippen LogP contribution is 2.31. The number of carbonyl (C=O) groups is 4. The standard InChI is InChI=1S/C12H12Cl4O4/c1-3-6(10(14)18)8(12(16)20)4-7(11(15)19)5(2)9(13)17/h3,5-8H,1,4H2,2H3. The van der Waals surface area contributed by atoms with Gasteiger partial charge in [-0.2, -0.15) is 0 Å². The Morgan fingerprint density at radius 2 is 1.35 bits per heavy atom. The third-order valence-corrected chi connectivity index (χ3v) is 4.16. The Balaban J connectivity index is 5.36. The Bertz CT molecular complexity index is 435. The van der Waals surface area contributed by atoms with E-state index in [1.165, 1.54) is 6.92 Å². The molecule has 0 heterocycles. The van der Waals surface area contributed by atoms with E-state index in [2.05, 4.69) is 6.58 Å². The molecule has 0 amide bonds. The molecule has 0 radical (unpaired) electrons. The molecule has 0 spiro atoms. The summed E-state index contributed by atoms with van der Waals surface area (Å²) in [4.78, 5) is 45.2. The molecule has 0 aromatic rings. The highest BCUT2D eigenvalue weighted by molar-refractivity contribution is 6.67. The summed E-state index contributed by atoms with van der Waals surface area (Å²) in [7, 11) is 0. The van der Waals surface area contributed by atoms with Gasteiger partial charge in [-0.25, -0.2) is 0 Å². The van der Waals surface area contributed by atoms with Crippen LogP contribution < -0.4 is 0 Å². The maximum absolute atomic E-state index is 11.4. The van der Waals surface area contributed by atoms with Gasteiger partial charge in [-0.1, -0.05) is 13.0 Å². The normalized spacial score (nSPS) is 16.6. The van der Waals surface area contributed by atoms with Crippen molar-refractivity contribution in [3.05, 3.63) is 12.7 Å². The quantitative estimate of drug-likeness (QED) is 0.467. The van der Waals surface area contributed by atoms with Crippen molar-refractivity contribution in [2.75, 3.05) is 0 Å². The zero-order valence-electron chi connectivity index (χ0n) is 10.4. The summed E-state index contributed by atoms with van der Waals surface area (Å²) in [5.74, 6) is -4.15. The monoisotopic (exact) mass is 360 g/mol. The minimum Gasteiger partial charge on any atom is -0.281 e. The lowest BCUT2D eigenvalue weighted by Crippen LogP contribution is -2.31. The molecule has 4 atom stereocenters. The second kappa shape index (κ2) is 8.78. The van der Waals surface area contributed by atoms with Gasteiger partial charge >= 0.3 is 0 Å². The van der Waals surface area contributed by atoms with Crippen molar-refractivity contribution < 1.29 is 19.2 Å². The molecule has 8 heteroatoms. The van der Waals surface area contributed by atoms with Gasteiger partial charge in [0.05, 0.1) is 5.92 Å². The average molecular weight is 362 g/mol. The Labute approximate surface area is 136 Å². The van der Waals surface area contributed by atoms with Crippen molar-refractivity contribution in [1.29, 1.82) is 0 Å². The number of hydrogen-bond donors (Lipinski definition) is 0. The minimum absolute atomic E-state index is 0.223. The third-order valence-electron chi connectivity index (χ3n) is 3.00. The molecule has 0 aliphatic rings. The van der Waals surface area contributed by atoms with Gasteiger partial charge in [0.2, 0.25) is 21.0 Å². The van der Waals surface area contributed by atoms with Crippen molar-refractivity contribution in [1.82, 2.24) is 0 Å². The summed E-state index contributed by atoms with van der Waals surface area (Å²) in [6.07, 6.45) is 0.933. The van der Waals surface area contributed by atoms with Gasteiger partial charge in [0.1, 0.15) is 0 Å². The van der Waals surface area contributed by atoms with Gasteiger partial charge in [0, 0.05) is 17.8 Å². The van der Waals surface area contributed by atoms with E-state index in [0.717, 1.165) is 6.08 Å². The Hall–Kier alpha value is -0.420. The van der Waals surface area contributed by atoms with E-state index in [-0.39, 0.29) is 6.42 Å². The predicted molar refractivity (Wildman–Crippen MR) is 77.9 cm³/mol. The van der Waals surface area contributed by atoms with E-state index in [1.54, 1.807) is 0 Å². The van der Waals surface area contributed by atoms with Crippen LogP contribution in [0, 0.1) is 23.7 Å². The lowest BCUT2D eigenvalue weighted by atomic mass is 9.81. The molecule has 112 valence electrons. The van der Waals surface area contributed by atoms with Gasteiger partial charge in [-0.05, 0) is 52.8 Å². The fraction of sp³-hybridized carbons (Fsp3) is 0.500. The summed E-state index contributed by atoms with van der Waals surface area (Å²) in [5.41, 5.74) is 0. The molecule has 0 N–H and O–H groups in total. The molecule has 4 unspecified atom stereocenters. The number of rotatable bonds is 9. The summed E-state index contributed by atoms with van der Waals surface area (Å²) in [5, 5.41) is -3.35. The zero-order valence-corrected chi connectivity index (χ0v) is 13.5. The van der Waals surface area contributed by atoms with Crippen molar-refractivity contribution >= 4 is 67.4 Å². The smallest absolute Gasteiger partial charge is 0.229 e. The molecule has 0 bridgehead atoms. The van der Waals surface area contributed by atoms with E-state index in [4.69, 9.17) is 46.4 Å². The Kier molecular flexibility index (Phi) is 8.59. The topological polar surface area (TPSA) is 68.3 Å². The molecule has 0 saturated carbocycles. The first kappa shape index (κ1) is 19.6. The van der Waals surface area contributed by atoms with Gasteiger partial charge in [0.25, 0.3) is 0 Å². The van der Waals surface area contributed by atoms with E-state index in [0.29, 0.717) is 0 Å². The number of halogens is 4. The maximum Gasteiger partial charge on any atom is 0.229 e. The van der Waals surface area contributed by atoms with Crippen LogP contribution >= 0.6 is 46.4 Å². The first-order valence-electron chi connectivity index (χ1n) is 5.53. The molecule has 4 nitrogen and oxygen atoms in total. The summed E-state index contributed by atoms with van der Waals surface area (Å²) in [6, 6.07) is 0. The third kappa shape index (κ3) is 5.52. The van der Waals surface area contributed by atoms with Crippen LogP contribution in [0.25, 0.3) is 0 Å². The molecule has 0 fully saturated rings. The second-order valence-electron chi connectivity index (χ2n) is 4.22. The molecule has 0 saturated heterocycles. The molecule has 0 aromatic heterocycles. The SMILES string of the molecule is C=CC(C(=O)Cl)C(CC(C(=O)Cl)C(C)C(=O)Cl)C(=O)Cl. The minimum atomic E-state index is -1.11. The fourth-order valence-corrected chi connectivity index (χ4v) is 2.62. The molecular formula is C12H12Cl4O4. The van der Waals surface area contributed by atoms with E-state index >= 15 is 0 Å². The summed E-state index contributed by atoms with van der Waals surface area (Å²) in [6.45, 7) is 4.78. The summed E-state index contributed by atoms with van der Waals surface area (Å²) < 4.78 is 0. The van der Waals surface area contributed by atoms with Crippen LogP contribution in [-0.4, -0.2) is 21.0 Å². The Morgan fingerprint density at radius 1 is 0.900 bits per heavy atom. The summed E-state index contributed by atoms with van der Waals surface area (Å²) >= 11 is 21.5. The lowest BCUT2D eigenvalue weighted by Gasteiger charge is -2.24. The van der Waals surface area contributed by atoms with Crippen LogP contribution in [0.1, 0.15) is 13.3 Å². The van der Waals surface area contributed by atoms with Crippen LogP contribution in [0.15, 0.2) is 12.7 Å². The van der Waals surface area contributed by atoms with Crippen molar-refractivity contribution in [2.24, 2.45) is 23.7 Å². The van der Waals surface area contributed by atoms with E-state index < -0.39 is 44.6 Å². The van der Waals surface area contributed by atoms with Crippen molar-refractivity contribution in [3.63, 3.8) is 0 Å². The Morgan fingerprint density at radius 3 is 1.60 bits per heavy atom. The first-order valence-corrected chi connectivity index (χ1v) is 7.04. The van der Waals surface area contributed by atoms with Crippen LogP contribution in [0.5, 0.6) is 0 Å². The van der Waals surface area contributed by atoms with Gasteiger partial charge in [-0.3, -0.25) is 19.2 Å². The number of hydrogen-bond acceptors (Lipinski definition) is 4. The van der Waals surface area contributed by atoms with Gasteiger partial charge in [0.15, 0.2) is 0 Å². The highest BCUT2D eigenvalue weighted by Gasteiger charge is 2.37. The zero-order chi connectivity index (χ0) is 16.0. The van der Waals surface area contributed by atoms with Gasteiger partial charge < -0.3 is 0 Å². The van der Waals surface area contributed by atoms with Gasteiger partial charge in [-0.15, -0.1) is 6.58 Å². The maximum atomic E-state index is 11.4. The van der Waals surface area contributed by atoms with Crippen LogP contribution in [-0.2, 0) is 19.2 Å². The second-order valence-corrected chi connectivity index (χ2v) is 5.71. The number of allylic oxidation sites excluding steroid dienone is 1. The van der Waals surface area contributed by atoms with E-state index in [9.17, 15) is 19.2 Å². The van der Waals surface area contributed by atoms with Crippen LogP contribution in [0.4, 0.5) is 0 Å². The fourth-order valence-electron chi connectivity index (χ4n) is 1.72. The lowest BCUT2D eigenvalue weighted by molar-refractivity contribution is -0.127. The first-order chi connectivity index (χ1) is 9.13. The number of carbonyl (C=O) groups excluding carboxylic acids is 4. The van der Waals surface area contributed by atoms with Crippen molar-refractivity contribution in [2.45, 2.75) is 13.3 Å². The predicted octanol–water partition coefficient (Wildman–Crippen LogP) is 3.11. The molecule has 0 aliphatic heterocycles. The molecule has 20 heavy (non-hydrogen) atoms. The van der Waals surface area contributed by atoms with E-state index in [1.807, 2.05) is 0 Å². The highest BCUT2D eigenvalue weighted by atomic mass is 35.5. The molecular weight excluding hydrogens is 350 g/mol. The molecule has 0 rings (SSSR count).